The number of carbonyl (C=O) groups is 12. The lowest BCUT2D eigenvalue weighted by atomic mass is 10.0. The summed E-state index contributed by atoms with van der Waals surface area (Å²) in [7, 11) is 0. The van der Waals surface area contributed by atoms with E-state index >= 15 is 0 Å². The molecule has 0 aliphatic carbocycles. The molecule has 0 aromatic rings. The lowest BCUT2D eigenvalue weighted by Gasteiger charge is -2.33. The predicted octanol–water partition coefficient (Wildman–Crippen LogP) is -6.93. The third kappa shape index (κ3) is 19.9. The summed E-state index contributed by atoms with van der Waals surface area (Å²) in [5.74, 6) is -10.8. The van der Waals surface area contributed by atoms with Crippen LogP contribution < -0.4 is 65.9 Å². The van der Waals surface area contributed by atoms with Crippen molar-refractivity contribution in [3.8, 4) is 0 Å². The fourth-order valence-corrected chi connectivity index (χ4v) is 7.85. The average Bonchev–Trinajstić information content (AvgIpc) is 4.00. The summed E-state index contributed by atoms with van der Waals surface area (Å²) in [6.07, 6.45) is -1.06. The van der Waals surface area contributed by atoms with Gasteiger partial charge in [0.25, 0.3) is 0 Å². The predicted molar refractivity (Wildman–Crippen MR) is 254 cm³/mol. The molecule has 11 amide bonds. The van der Waals surface area contributed by atoms with E-state index in [-0.39, 0.29) is 76.5 Å². The molecule has 29 heteroatoms. The molecule has 0 aromatic heterocycles. The maximum Gasteiger partial charge on any atom is 0.326 e. The summed E-state index contributed by atoms with van der Waals surface area (Å²) in [5, 5.41) is 36.8. The van der Waals surface area contributed by atoms with Crippen LogP contribution in [0, 0.1) is 5.92 Å². The van der Waals surface area contributed by atoms with Crippen molar-refractivity contribution in [3.05, 3.63) is 0 Å². The van der Waals surface area contributed by atoms with Gasteiger partial charge in [-0.3, -0.25) is 57.7 Å². The fraction of sp³-hybridized carbons (Fsp3) is 0.698. The molecule has 2 heterocycles. The minimum Gasteiger partial charge on any atom is -0.480 e. The molecule has 2 aliphatic heterocycles. The number of carboxylic acid groups (broad SMARTS) is 1. The van der Waals surface area contributed by atoms with Crippen LogP contribution in [0.25, 0.3) is 0 Å². The van der Waals surface area contributed by atoms with E-state index < -0.39 is 144 Å². The second kappa shape index (κ2) is 29.2. The van der Waals surface area contributed by atoms with Crippen molar-refractivity contribution in [1.29, 1.82) is 0 Å². The quantitative estimate of drug-likeness (QED) is 0.0188. The van der Waals surface area contributed by atoms with Gasteiger partial charge >= 0.3 is 5.97 Å². The molecule has 72 heavy (non-hydrogen) atoms. The summed E-state index contributed by atoms with van der Waals surface area (Å²) in [6.45, 7) is 7.06. The Morgan fingerprint density at radius 3 is 1.82 bits per heavy atom. The molecule has 0 saturated carbocycles. The van der Waals surface area contributed by atoms with E-state index in [1.54, 1.807) is 13.8 Å². The lowest BCUT2D eigenvalue weighted by molar-refractivity contribution is -0.148. The van der Waals surface area contributed by atoms with Gasteiger partial charge in [0, 0.05) is 26.1 Å². The van der Waals surface area contributed by atoms with E-state index in [1.807, 2.05) is 0 Å². The molecule has 29 nitrogen and oxygen atoms in total. The maximum atomic E-state index is 14.2. The number of aliphatic hydroxyl groups excluding tert-OH is 1. The van der Waals surface area contributed by atoms with Crippen LogP contribution in [0.1, 0.15) is 98.8 Å². The van der Waals surface area contributed by atoms with E-state index in [2.05, 4.69) is 42.2 Å². The van der Waals surface area contributed by atoms with Gasteiger partial charge in [-0.15, -0.1) is 0 Å². The highest BCUT2D eigenvalue weighted by Gasteiger charge is 2.44. The van der Waals surface area contributed by atoms with Gasteiger partial charge in [0.05, 0.1) is 25.1 Å². The monoisotopic (exact) mass is 1020 g/mol. The molecule has 19 N–H and O–H groups in total. The Balaban J connectivity index is 2.10. The zero-order valence-electron chi connectivity index (χ0n) is 41.3. The SMILES string of the molecule is CC(C)C[C@H](NC(=O)[C@@H]1CCCN1C(=O)[C@@H]1CCCN1C(=O)[C@H](C)NC(=O)[C@H](C)NC(=O)[C@H](CC(N)=O)NC(=O)CNC(=O)[C@@H](N)CCC(N)=O)C(=O)N[C@H](C(=O)N[C@@H](CCCN=C(N)N)C(=O)O)[C@@H](C)O. The molecule has 10 atom stereocenters. The zero-order valence-corrected chi connectivity index (χ0v) is 41.3. The molecular formula is C43H73N15O14. The van der Waals surface area contributed by atoms with Crippen molar-refractivity contribution < 1.29 is 67.7 Å². The number of carbonyl (C=O) groups excluding carboxylic acids is 11. The summed E-state index contributed by atoms with van der Waals surface area (Å²) in [6, 6.07) is -11.7. The standard InChI is InChI=1S/C43H73N15O14/c1-20(2)17-26(37(66)56-33(23(5)59)39(68)54-25(42(71)72)9-6-14-49-43(47)48)55-38(67)28-10-7-15-57(28)41(70)29-11-8-16-58(29)40(69)22(4)52-34(63)21(3)51-36(65)27(18-31(46)61)53-32(62)19-50-35(64)24(44)12-13-30(45)60/h20-29,33,59H,6-19,44H2,1-5H3,(H2,45,60)(H2,46,61)(H,50,64)(H,51,65)(H,52,63)(H,53,62)(H,54,68)(H,55,67)(H,56,66)(H,71,72)(H4,47,48,49)/t21-,22-,23+,24-,25-,26-,27-,28-,29-,33-/m0/s1. The number of primary amides is 2. The number of aliphatic carboxylic acids is 1. The van der Waals surface area contributed by atoms with Gasteiger partial charge in [-0.05, 0) is 78.1 Å². The first-order valence-electron chi connectivity index (χ1n) is 23.6. The first kappa shape index (κ1) is 61.0. The summed E-state index contributed by atoms with van der Waals surface area (Å²) in [4.78, 5) is 161. The number of aliphatic imine (C=N–C) groups is 1. The number of nitrogens with two attached hydrogens (primary N) is 5. The first-order chi connectivity index (χ1) is 33.6. The van der Waals surface area contributed by atoms with Crippen molar-refractivity contribution in [2.75, 3.05) is 26.2 Å². The highest BCUT2D eigenvalue weighted by molar-refractivity contribution is 5.99. The van der Waals surface area contributed by atoms with E-state index in [1.165, 1.54) is 30.6 Å². The molecule has 404 valence electrons. The van der Waals surface area contributed by atoms with Crippen LogP contribution in [0.2, 0.25) is 0 Å². The van der Waals surface area contributed by atoms with Crippen LogP contribution >= 0.6 is 0 Å². The zero-order chi connectivity index (χ0) is 54.6. The molecule has 0 radical (unpaired) electrons. The van der Waals surface area contributed by atoms with Crippen molar-refractivity contribution in [2.24, 2.45) is 39.6 Å². The molecule has 0 bridgehead atoms. The van der Waals surface area contributed by atoms with Crippen LogP contribution in [0.15, 0.2) is 4.99 Å². The molecule has 2 saturated heterocycles. The lowest BCUT2D eigenvalue weighted by Crippen LogP contribution is -2.60. The third-order valence-electron chi connectivity index (χ3n) is 11.6. The average molecular weight is 1020 g/mol. The van der Waals surface area contributed by atoms with Gasteiger partial charge in [-0.2, -0.15) is 0 Å². The van der Waals surface area contributed by atoms with Crippen LogP contribution in [0.4, 0.5) is 0 Å². The number of likely N-dealkylation sites (tertiary alicyclic amines) is 2. The normalized spacial score (nSPS) is 18.6. The van der Waals surface area contributed by atoms with E-state index in [0.29, 0.717) is 12.8 Å². The van der Waals surface area contributed by atoms with Gasteiger partial charge in [0.15, 0.2) is 5.96 Å². The number of carboxylic acids is 1. The molecule has 0 spiro atoms. The van der Waals surface area contributed by atoms with E-state index in [0.717, 1.165) is 0 Å². The Morgan fingerprint density at radius 2 is 1.25 bits per heavy atom. The number of amides is 11. The Bertz CT molecular complexity index is 2030. The number of rotatable bonds is 29. The third-order valence-corrected chi connectivity index (χ3v) is 11.6. The van der Waals surface area contributed by atoms with Crippen LogP contribution in [-0.4, -0.2) is 184 Å². The van der Waals surface area contributed by atoms with Gasteiger partial charge < -0.3 is 85.9 Å². The molecule has 2 rings (SSSR count). The number of guanidine groups is 1. The molecule has 0 unspecified atom stereocenters. The van der Waals surface area contributed by atoms with E-state index in [4.69, 9.17) is 28.7 Å². The number of aliphatic hydroxyl groups is 1. The smallest absolute Gasteiger partial charge is 0.326 e. The first-order valence-corrected chi connectivity index (χ1v) is 23.6. The van der Waals surface area contributed by atoms with Crippen LogP contribution in [-0.2, 0) is 57.5 Å². The minimum absolute atomic E-state index is 0.0653. The van der Waals surface area contributed by atoms with Crippen molar-refractivity contribution >= 4 is 76.9 Å². The van der Waals surface area contributed by atoms with Crippen molar-refractivity contribution in [2.45, 2.75) is 159 Å². The largest absolute Gasteiger partial charge is 0.480 e. The van der Waals surface area contributed by atoms with Gasteiger partial charge in [-0.1, -0.05) is 13.8 Å². The van der Waals surface area contributed by atoms with Gasteiger partial charge in [0.1, 0.15) is 48.3 Å². The molecule has 0 aromatic carbocycles. The van der Waals surface area contributed by atoms with Crippen molar-refractivity contribution in [1.82, 2.24) is 47.0 Å². The Morgan fingerprint density at radius 1 is 0.653 bits per heavy atom. The molecule has 2 aliphatic rings. The number of nitrogens with one attached hydrogen (secondary N) is 7. The van der Waals surface area contributed by atoms with Crippen LogP contribution in [0.3, 0.4) is 0 Å². The van der Waals surface area contributed by atoms with Crippen LogP contribution in [0.5, 0.6) is 0 Å². The highest BCUT2D eigenvalue weighted by atomic mass is 16.4. The highest BCUT2D eigenvalue weighted by Crippen LogP contribution is 2.26. The number of hydrogen-bond donors (Lipinski definition) is 14. The number of nitrogens with zero attached hydrogens (tertiary/aromatic N) is 3. The van der Waals surface area contributed by atoms with E-state index in [9.17, 15) is 67.7 Å². The fourth-order valence-electron chi connectivity index (χ4n) is 7.85. The Hall–Kier alpha value is -7.17. The topological polar surface area (TPSA) is 478 Å². The number of hydrogen-bond acceptors (Lipinski definition) is 15. The summed E-state index contributed by atoms with van der Waals surface area (Å²) < 4.78 is 0. The maximum absolute atomic E-state index is 14.2. The Kier molecular flexibility index (Phi) is 24.8. The van der Waals surface area contributed by atoms with Gasteiger partial charge in [-0.25, -0.2) is 4.79 Å². The minimum atomic E-state index is -1.63. The second-order valence-corrected chi connectivity index (χ2v) is 18.2. The summed E-state index contributed by atoms with van der Waals surface area (Å²) in [5.41, 5.74) is 26.6. The Labute approximate surface area is 416 Å². The summed E-state index contributed by atoms with van der Waals surface area (Å²) >= 11 is 0. The molecular weight excluding hydrogens is 951 g/mol. The second-order valence-electron chi connectivity index (χ2n) is 18.2. The van der Waals surface area contributed by atoms with Gasteiger partial charge in [0.2, 0.25) is 65.0 Å². The van der Waals surface area contributed by atoms with Crippen molar-refractivity contribution in [3.63, 3.8) is 0 Å². The molecule has 2 fully saturated rings.